The summed E-state index contributed by atoms with van der Waals surface area (Å²) in [6, 6.07) is 24.9. The maximum atomic E-state index is 12.8. The van der Waals surface area contributed by atoms with Crippen LogP contribution in [0, 0.1) is 0 Å². The summed E-state index contributed by atoms with van der Waals surface area (Å²) in [7, 11) is 0. The summed E-state index contributed by atoms with van der Waals surface area (Å²) in [5.74, 6) is -0.177. The Hall–Kier alpha value is -3.35. The van der Waals surface area contributed by atoms with E-state index in [0.717, 1.165) is 27.6 Å². The van der Waals surface area contributed by atoms with E-state index < -0.39 is 0 Å². The molecule has 1 amide bonds. The molecule has 0 saturated heterocycles. The number of nitrogens with one attached hydrogen (secondary N) is 3. The summed E-state index contributed by atoms with van der Waals surface area (Å²) in [6.45, 7) is 0.550. The lowest BCUT2D eigenvalue weighted by atomic mass is 10.1. The first-order valence-corrected chi connectivity index (χ1v) is 10.5. The van der Waals surface area contributed by atoms with Crippen molar-refractivity contribution in [1.82, 2.24) is 4.98 Å². The van der Waals surface area contributed by atoms with Crippen molar-refractivity contribution in [3.63, 3.8) is 0 Å². The van der Waals surface area contributed by atoms with Crippen LogP contribution in [0.2, 0.25) is 4.47 Å². The fourth-order valence-electron chi connectivity index (χ4n) is 2.91. The van der Waals surface area contributed by atoms with Gasteiger partial charge in [0.15, 0.2) is 4.47 Å². The number of para-hydroxylation sites is 2. The number of thiazole rings is 1. The highest BCUT2D eigenvalue weighted by Crippen LogP contribution is 2.23. The van der Waals surface area contributed by atoms with E-state index in [1.165, 1.54) is 11.3 Å². The van der Waals surface area contributed by atoms with Crippen LogP contribution in [0.25, 0.3) is 0 Å². The highest BCUT2D eigenvalue weighted by atomic mass is 35.5. The van der Waals surface area contributed by atoms with Gasteiger partial charge in [-0.25, -0.2) is 4.98 Å². The standard InChI is InChI=1S/C23H19ClN4OS/c24-23-26-15-19(30-23)14-25-21-9-5-4-8-20(21)22(29)28-18-12-10-17(11-13-18)27-16-6-2-1-3-7-16/h1-13,15,25,27H,14H2,(H,28,29). The van der Waals surface area contributed by atoms with Gasteiger partial charge < -0.3 is 16.0 Å². The summed E-state index contributed by atoms with van der Waals surface area (Å²) >= 11 is 7.29. The minimum atomic E-state index is -0.177. The smallest absolute Gasteiger partial charge is 0.257 e. The average Bonchev–Trinajstić information content (AvgIpc) is 3.20. The Morgan fingerprint density at radius 1 is 0.867 bits per heavy atom. The maximum absolute atomic E-state index is 12.8. The topological polar surface area (TPSA) is 66.1 Å². The normalized spacial score (nSPS) is 10.4. The van der Waals surface area contributed by atoms with Gasteiger partial charge in [0.1, 0.15) is 0 Å². The molecule has 0 fully saturated rings. The van der Waals surface area contributed by atoms with Gasteiger partial charge in [-0.2, -0.15) is 0 Å². The van der Waals surface area contributed by atoms with Crippen molar-refractivity contribution in [1.29, 1.82) is 0 Å². The minimum Gasteiger partial charge on any atom is -0.379 e. The Labute approximate surface area is 183 Å². The molecule has 7 heteroatoms. The Kier molecular flexibility index (Phi) is 6.27. The number of hydrogen-bond acceptors (Lipinski definition) is 5. The highest BCUT2D eigenvalue weighted by Gasteiger charge is 2.12. The van der Waals surface area contributed by atoms with Crippen LogP contribution in [-0.4, -0.2) is 10.9 Å². The van der Waals surface area contributed by atoms with Gasteiger partial charge in [-0.3, -0.25) is 4.79 Å². The molecule has 0 radical (unpaired) electrons. The number of hydrogen-bond donors (Lipinski definition) is 3. The molecular weight excluding hydrogens is 416 g/mol. The fourth-order valence-corrected chi connectivity index (χ4v) is 3.82. The van der Waals surface area contributed by atoms with Crippen LogP contribution in [0.1, 0.15) is 15.2 Å². The third-order valence-electron chi connectivity index (χ3n) is 4.36. The zero-order chi connectivity index (χ0) is 20.8. The monoisotopic (exact) mass is 434 g/mol. The van der Waals surface area contributed by atoms with Crippen molar-refractivity contribution in [2.75, 3.05) is 16.0 Å². The highest BCUT2D eigenvalue weighted by molar-refractivity contribution is 7.15. The Morgan fingerprint density at radius 2 is 1.53 bits per heavy atom. The summed E-state index contributed by atoms with van der Waals surface area (Å²) < 4.78 is 0.503. The van der Waals surface area contributed by atoms with Crippen LogP contribution >= 0.6 is 22.9 Å². The van der Waals surface area contributed by atoms with E-state index in [-0.39, 0.29) is 5.91 Å². The molecule has 3 aromatic carbocycles. The molecule has 0 unspecified atom stereocenters. The van der Waals surface area contributed by atoms with Gasteiger partial charge in [-0.05, 0) is 48.5 Å². The molecule has 150 valence electrons. The number of carbonyl (C=O) groups is 1. The second kappa shape index (κ2) is 9.43. The van der Waals surface area contributed by atoms with E-state index in [0.29, 0.717) is 16.6 Å². The van der Waals surface area contributed by atoms with Gasteiger partial charge >= 0.3 is 0 Å². The molecule has 4 rings (SSSR count). The molecular formula is C23H19ClN4OS. The fraction of sp³-hybridized carbons (Fsp3) is 0.0435. The molecule has 0 saturated carbocycles. The van der Waals surface area contributed by atoms with Gasteiger partial charge in [-0.1, -0.05) is 41.9 Å². The quantitative estimate of drug-likeness (QED) is 0.314. The molecule has 1 heterocycles. The molecule has 0 aliphatic rings. The number of nitrogens with zero attached hydrogens (tertiary/aromatic N) is 1. The molecule has 0 atom stereocenters. The molecule has 0 aliphatic carbocycles. The van der Waals surface area contributed by atoms with Crippen LogP contribution in [-0.2, 0) is 6.54 Å². The van der Waals surface area contributed by atoms with Crippen LogP contribution < -0.4 is 16.0 Å². The van der Waals surface area contributed by atoms with E-state index in [1.54, 1.807) is 12.3 Å². The van der Waals surface area contributed by atoms with Crippen molar-refractivity contribution in [3.05, 3.63) is 100.0 Å². The van der Waals surface area contributed by atoms with Gasteiger partial charge in [0.25, 0.3) is 5.91 Å². The first kappa shape index (κ1) is 19.9. The zero-order valence-corrected chi connectivity index (χ0v) is 17.5. The largest absolute Gasteiger partial charge is 0.379 e. The van der Waals surface area contributed by atoms with E-state index in [4.69, 9.17) is 11.6 Å². The molecule has 0 aliphatic heterocycles. The summed E-state index contributed by atoms with van der Waals surface area (Å²) in [6.07, 6.45) is 1.73. The first-order valence-electron chi connectivity index (χ1n) is 9.34. The Morgan fingerprint density at radius 3 is 2.27 bits per heavy atom. The second-order valence-corrected chi connectivity index (χ2v) is 8.20. The van der Waals surface area contributed by atoms with E-state index in [1.807, 2.05) is 72.8 Å². The Bertz CT molecular complexity index is 1130. The SMILES string of the molecule is O=C(Nc1ccc(Nc2ccccc2)cc1)c1ccccc1NCc1cnc(Cl)s1. The lowest BCUT2D eigenvalue weighted by molar-refractivity contribution is 0.102. The maximum Gasteiger partial charge on any atom is 0.257 e. The third kappa shape index (κ3) is 5.17. The van der Waals surface area contributed by atoms with E-state index in [9.17, 15) is 4.79 Å². The summed E-state index contributed by atoms with van der Waals surface area (Å²) in [5.41, 5.74) is 4.00. The average molecular weight is 435 g/mol. The molecule has 30 heavy (non-hydrogen) atoms. The predicted octanol–water partition coefficient (Wildman–Crippen LogP) is 6.40. The van der Waals surface area contributed by atoms with Crippen molar-refractivity contribution >= 4 is 51.6 Å². The van der Waals surface area contributed by atoms with Crippen molar-refractivity contribution in [2.45, 2.75) is 6.54 Å². The van der Waals surface area contributed by atoms with Gasteiger partial charge in [0.2, 0.25) is 0 Å². The molecule has 3 N–H and O–H groups in total. The molecule has 0 bridgehead atoms. The number of amides is 1. The van der Waals surface area contributed by atoms with Gasteiger partial charge in [0.05, 0.1) is 12.1 Å². The van der Waals surface area contributed by atoms with Crippen molar-refractivity contribution < 1.29 is 4.79 Å². The van der Waals surface area contributed by atoms with Crippen LogP contribution in [0.5, 0.6) is 0 Å². The molecule has 5 nitrogen and oxygen atoms in total. The summed E-state index contributed by atoms with van der Waals surface area (Å²) in [5, 5.41) is 9.56. The van der Waals surface area contributed by atoms with E-state index in [2.05, 4.69) is 20.9 Å². The van der Waals surface area contributed by atoms with E-state index >= 15 is 0 Å². The second-order valence-electron chi connectivity index (χ2n) is 6.50. The van der Waals surface area contributed by atoms with Gasteiger partial charge in [-0.15, -0.1) is 11.3 Å². The van der Waals surface area contributed by atoms with Crippen LogP contribution in [0.15, 0.2) is 85.1 Å². The molecule has 4 aromatic rings. The number of carbonyl (C=O) groups excluding carboxylic acids is 1. The lowest BCUT2D eigenvalue weighted by Gasteiger charge is -2.12. The molecule has 0 spiro atoms. The number of anilines is 4. The number of aromatic nitrogens is 1. The Balaban J connectivity index is 1.41. The first-order chi connectivity index (χ1) is 14.7. The van der Waals surface area contributed by atoms with Crippen LogP contribution in [0.4, 0.5) is 22.7 Å². The number of rotatable bonds is 7. The molecule has 1 aromatic heterocycles. The van der Waals surface area contributed by atoms with Crippen molar-refractivity contribution in [3.8, 4) is 0 Å². The van der Waals surface area contributed by atoms with Gasteiger partial charge in [0, 0.05) is 33.8 Å². The number of halogens is 1. The minimum absolute atomic E-state index is 0.177. The number of benzene rings is 3. The van der Waals surface area contributed by atoms with Crippen molar-refractivity contribution in [2.24, 2.45) is 0 Å². The summed E-state index contributed by atoms with van der Waals surface area (Å²) in [4.78, 5) is 17.9. The van der Waals surface area contributed by atoms with Crippen LogP contribution in [0.3, 0.4) is 0 Å². The lowest BCUT2D eigenvalue weighted by Crippen LogP contribution is -2.14. The third-order valence-corrected chi connectivity index (χ3v) is 5.47. The predicted molar refractivity (Wildman–Crippen MR) is 125 cm³/mol. The zero-order valence-electron chi connectivity index (χ0n) is 15.9.